The summed E-state index contributed by atoms with van der Waals surface area (Å²) in [4.78, 5) is 27.6. The third-order valence-corrected chi connectivity index (χ3v) is 5.82. The first-order valence-electron chi connectivity index (χ1n) is 11.3. The maximum Gasteiger partial charge on any atom is 0.321 e. The molecule has 0 aromatic heterocycles. The van der Waals surface area contributed by atoms with Gasteiger partial charge < -0.3 is 15.5 Å². The van der Waals surface area contributed by atoms with Crippen LogP contribution in [0.2, 0.25) is 0 Å². The van der Waals surface area contributed by atoms with Gasteiger partial charge in [0.05, 0.1) is 5.92 Å². The highest BCUT2D eigenvalue weighted by molar-refractivity contribution is 5.98. The van der Waals surface area contributed by atoms with Crippen molar-refractivity contribution in [3.8, 4) is 0 Å². The molecule has 5 heteroatoms. The molecule has 1 fully saturated rings. The minimum absolute atomic E-state index is 0.0584. The lowest BCUT2D eigenvalue weighted by Gasteiger charge is -2.21. The normalized spacial score (nSPS) is 14.0. The monoisotopic (exact) mass is 427 g/mol. The summed E-state index contributed by atoms with van der Waals surface area (Å²) in [5.74, 6) is -0.497. The molecule has 0 unspecified atom stereocenters. The summed E-state index contributed by atoms with van der Waals surface area (Å²) in [7, 11) is 0. The molecular formula is C27H29N3O2. The van der Waals surface area contributed by atoms with Gasteiger partial charge in [0.25, 0.3) is 0 Å². The van der Waals surface area contributed by atoms with Gasteiger partial charge in [0.2, 0.25) is 5.91 Å². The highest BCUT2D eigenvalue weighted by atomic mass is 16.2. The second-order valence-electron chi connectivity index (χ2n) is 8.15. The number of benzene rings is 3. The molecule has 2 N–H and O–H groups in total. The fraction of sp³-hybridized carbons (Fsp3) is 0.259. The molecule has 1 heterocycles. The fourth-order valence-corrected chi connectivity index (χ4v) is 4.11. The first kappa shape index (κ1) is 21.6. The summed E-state index contributed by atoms with van der Waals surface area (Å²) in [5, 5.41) is 6.00. The molecule has 4 rings (SSSR count). The van der Waals surface area contributed by atoms with Gasteiger partial charge in [0, 0.05) is 24.5 Å². The molecule has 3 aromatic carbocycles. The van der Waals surface area contributed by atoms with Crippen LogP contribution in [-0.4, -0.2) is 29.9 Å². The van der Waals surface area contributed by atoms with Crippen molar-refractivity contribution in [2.24, 2.45) is 0 Å². The van der Waals surface area contributed by atoms with Gasteiger partial charge >= 0.3 is 6.03 Å². The lowest BCUT2D eigenvalue weighted by molar-refractivity contribution is -0.116. The number of nitrogens with zero attached hydrogens (tertiary/aromatic N) is 1. The highest BCUT2D eigenvalue weighted by Gasteiger charge is 2.22. The van der Waals surface area contributed by atoms with Crippen LogP contribution >= 0.6 is 0 Å². The van der Waals surface area contributed by atoms with Gasteiger partial charge in [-0.25, -0.2) is 4.79 Å². The Hall–Kier alpha value is -3.60. The van der Waals surface area contributed by atoms with E-state index >= 15 is 0 Å². The topological polar surface area (TPSA) is 61.4 Å². The number of hydrogen-bond acceptors (Lipinski definition) is 2. The van der Waals surface area contributed by atoms with E-state index in [1.54, 1.807) is 0 Å². The Kier molecular flexibility index (Phi) is 7.18. The van der Waals surface area contributed by atoms with Crippen LogP contribution in [0, 0.1) is 0 Å². The van der Waals surface area contributed by atoms with Crippen molar-refractivity contribution in [3.05, 3.63) is 96.1 Å². The number of nitrogens with one attached hydrogen (secondary N) is 2. The van der Waals surface area contributed by atoms with Crippen LogP contribution in [0.25, 0.3) is 0 Å². The molecule has 0 saturated carbocycles. The van der Waals surface area contributed by atoms with Crippen molar-refractivity contribution >= 4 is 23.3 Å². The molecule has 0 atom stereocenters. The second-order valence-corrected chi connectivity index (χ2v) is 8.15. The van der Waals surface area contributed by atoms with E-state index in [1.807, 2.05) is 89.8 Å². The molecule has 32 heavy (non-hydrogen) atoms. The average molecular weight is 428 g/mol. The molecule has 0 bridgehead atoms. The number of rotatable bonds is 5. The Bertz CT molecular complexity index is 972. The zero-order valence-electron chi connectivity index (χ0n) is 18.2. The van der Waals surface area contributed by atoms with Crippen LogP contribution in [0.15, 0.2) is 84.9 Å². The number of likely N-dealkylation sites (tertiary alicyclic amines) is 1. The average Bonchev–Trinajstić information content (AvgIpc) is 3.12. The number of carbonyl (C=O) groups is 2. The zero-order chi connectivity index (χ0) is 22.2. The van der Waals surface area contributed by atoms with E-state index in [4.69, 9.17) is 0 Å². The first-order chi connectivity index (χ1) is 15.7. The van der Waals surface area contributed by atoms with E-state index in [0.717, 1.165) is 42.7 Å². The maximum atomic E-state index is 13.2. The van der Waals surface area contributed by atoms with Crippen LogP contribution in [0.3, 0.4) is 0 Å². The predicted octanol–water partition coefficient (Wildman–Crippen LogP) is 5.87. The van der Waals surface area contributed by atoms with E-state index in [-0.39, 0.29) is 11.9 Å². The minimum atomic E-state index is -0.403. The van der Waals surface area contributed by atoms with E-state index in [2.05, 4.69) is 10.6 Å². The fourth-order valence-electron chi connectivity index (χ4n) is 4.11. The Balaban J connectivity index is 1.43. The van der Waals surface area contributed by atoms with Crippen LogP contribution in [-0.2, 0) is 4.79 Å². The summed E-state index contributed by atoms with van der Waals surface area (Å²) < 4.78 is 0. The van der Waals surface area contributed by atoms with E-state index in [1.165, 1.54) is 12.8 Å². The number of anilines is 2. The Morgan fingerprint density at radius 2 is 1.09 bits per heavy atom. The molecule has 3 aromatic rings. The van der Waals surface area contributed by atoms with Crippen LogP contribution in [0.1, 0.15) is 42.7 Å². The number of amides is 3. The quantitative estimate of drug-likeness (QED) is 0.535. The molecule has 3 amide bonds. The lowest BCUT2D eigenvalue weighted by Crippen LogP contribution is -2.35. The molecule has 1 aliphatic heterocycles. The van der Waals surface area contributed by atoms with Crippen LogP contribution < -0.4 is 10.6 Å². The van der Waals surface area contributed by atoms with Crippen molar-refractivity contribution in [3.63, 3.8) is 0 Å². The molecule has 0 spiro atoms. The SMILES string of the molecule is O=C(Nc1ccc(NC(=O)N2CCCCCC2)cc1)C(c1ccccc1)c1ccccc1. The molecule has 1 saturated heterocycles. The third kappa shape index (κ3) is 5.55. The van der Waals surface area contributed by atoms with Gasteiger partial charge in [-0.05, 0) is 48.2 Å². The standard InChI is InChI=1S/C27H29N3O2/c31-26(25(21-11-5-3-6-12-21)22-13-7-4-8-14-22)28-23-15-17-24(18-16-23)29-27(32)30-19-9-1-2-10-20-30/h3-8,11-18,25H,1-2,9-10,19-20H2,(H,28,31)(H,29,32). The van der Waals surface area contributed by atoms with Crippen LogP contribution in [0.4, 0.5) is 16.2 Å². The Morgan fingerprint density at radius 1 is 0.625 bits per heavy atom. The van der Waals surface area contributed by atoms with Crippen molar-refractivity contribution < 1.29 is 9.59 Å². The third-order valence-electron chi connectivity index (χ3n) is 5.82. The molecule has 0 radical (unpaired) electrons. The van der Waals surface area contributed by atoms with Crippen molar-refractivity contribution in [1.29, 1.82) is 0 Å². The Morgan fingerprint density at radius 3 is 1.59 bits per heavy atom. The van der Waals surface area contributed by atoms with E-state index < -0.39 is 5.92 Å². The van der Waals surface area contributed by atoms with Gasteiger partial charge in [0.1, 0.15) is 0 Å². The van der Waals surface area contributed by atoms with Gasteiger partial charge in [-0.1, -0.05) is 73.5 Å². The number of urea groups is 1. The van der Waals surface area contributed by atoms with E-state index in [9.17, 15) is 9.59 Å². The van der Waals surface area contributed by atoms with Crippen molar-refractivity contribution in [2.75, 3.05) is 23.7 Å². The van der Waals surface area contributed by atoms with Crippen LogP contribution in [0.5, 0.6) is 0 Å². The predicted molar refractivity (Wildman–Crippen MR) is 129 cm³/mol. The lowest BCUT2D eigenvalue weighted by atomic mass is 9.90. The minimum Gasteiger partial charge on any atom is -0.325 e. The first-order valence-corrected chi connectivity index (χ1v) is 11.3. The largest absolute Gasteiger partial charge is 0.325 e. The Labute approximate surface area is 189 Å². The summed E-state index contributed by atoms with van der Waals surface area (Å²) in [6, 6.07) is 26.8. The molecular weight excluding hydrogens is 398 g/mol. The molecule has 0 aliphatic carbocycles. The molecule has 1 aliphatic rings. The number of carbonyl (C=O) groups excluding carboxylic acids is 2. The smallest absolute Gasteiger partial charge is 0.321 e. The summed E-state index contributed by atoms with van der Waals surface area (Å²) in [6.07, 6.45) is 4.49. The van der Waals surface area contributed by atoms with E-state index in [0.29, 0.717) is 5.69 Å². The summed E-state index contributed by atoms with van der Waals surface area (Å²) >= 11 is 0. The van der Waals surface area contributed by atoms with Gasteiger partial charge in [-0.15, -0.1) is 0 Å². The van der Waals surface area contributed by atoms with Gasteiger partial charge in [-0.3, -0.25) is 4.79 Å². The van der Waals surface area contributed by atoms with Gasteiger partial charge in [0.15, 0.2) is 0 Å². The maximum absolute atomic E-state index is 13.2. The van der Waals surface area contributed by atoms with Gasteiger partial charge in [-0.2, -0.15) is 0 Å². The molecule has 164 valence electrons. The summed E-state index contributed by atoms with van der Waals surface area (Å²) in [5.41, 5.74) is 3.30. The summed E-state index contributed by atoms with van der Waals surface area (Å²) in [6.45, 7) is 1.61. The zero-order valence-corrected chi connectivity index (χ0v) is 18.2. The second kappa shape index (κ2) is 10.6. The number of hydrogen-bond donors (Lipinski definition) is 2. The van der Waals surface area contributed by atoms with Crippen molar-refractivity contribution in [1.82, 2.24) is 4.90 Å². The molecule has 5 nitrogen and oxygen atoms in total. The highest BCUT2D eigenvalue weighted by Crippen LogP contribution is 2.26. The van der Waals surface area contributed by atoms with Crippen molar-refractivity contribution in [2.45, 2.75) is 31.6 Å².